The second kappa shape index (κ2) is 9.15. The molecule has 1 fully saturated rings. The van der Waals surface area contributed by atoms with Gasteiger partial charge in [0.15, 0.2) is 5.75 Å². The highest BCUT2D eigenvalue weighted by molar-refractivity contribution is 5.94. The zero-order chi connectivity index (χ0) is 20.0. The van der Waals surface area contributed by atoms with Gasteiger partial charge in [-0.3, -0.25) is 4.79 Å². The average Bonchev–Trinajstić information content (AvgIpc) is 2.62. The second-order valence-electron chi connectivity index (χ2n) is 6.07. The van der Waals surface area contributed by atoms with E-state index in [1.807, 2.05) is 0 Å². The molecule has 0 bridgehead atoms. The van der Waals surface area contributed by atoms with Crippen molar-refractivity contribution in [2.45, 2.75) is 38.3 Å². The molecule has 0 unspecified atom stereocenters. The number of esters is 1. The number of amides is 2. The van der Waals surface area contributed by atoms with E-state index in [9.17, 15) is 23.2 Å². The van der Waals surface area contributed by atoms with Crippen LogP contribution in [0, 0.1) is 5.92 Å². The van der Waals surface area contributed by atoms with Gasteiger partial charge in [0.05, 0.1) is 24.3 Å². The fraction of sp³-hybridized carbons (Fsp3) is 0.471. The minimum atomic E-state index is -3.15. The Hall–Kier alpha value is -2.91. The minimum Gasteiger partial charge on any atom is -0.481 e. The topological polar surface area (TPSA) is 114 Å². The minimum absolute atomic E-state index is 0.00824. The van der Waals surface area contributed by atoms with E-state index in [1.165, 1.54) is 12.1 Å². The molecule has 3 N–H and O–H groups in total. The molecule has 0 saturated heterocycles. The quantitative estimate of drug-likeness (QED) is 0.648. The highest BCUT2D eigenvalue weighted by atomic mass is 19.3. The van der Waals surface area contributed by atoms with Gasteiger partial charge in [-0.2, -0.15) is 8.78 Å². The van der Waals surface area contributed by atoms with Gasteiger partial charge in [-0.05, 0) is 43.9 Å². The Morgan fingerprint density at radius 1 is 1.19 bits per heavy atom. The summed E-state index contributed by atoms with van der Waals surface area (Å²) in [7, 11) is 1.15. The molecule has 0 aliphatic heterocycles. The van der Waals surface area contributed by atoms with Crippen LogP contribution < -0.4 is 15.4 Å². The van der Waals surface area contributed by atoms with Crippen molar-refractivity contribution in [2.24, 2.45) is 5.92 Å². The lowest BCUT2D eigenvalue weighted by atomic mass is 9.86. The Balaban J connectivity index is 2.01. The fourth-order valence-electron chi connectivity index (χ4n) is 2.89. The van der Waals surface area contributed by atoms with Crippen LogP contribution in [0.3, 0.4) is 0 Å². The number of anilines is 1. The van der Waals surface area contributed by atoms with Gasteiger partial charge < -0.3 is 25.2 Å². The molecule has 1 aliphatic carbocycles. The Morgan fingerprint density at radius 3 is 2.41 bits per heavy atom. The monoisotopic (exact) mass is 386 g/mol. The second-order valence-corrected chi connectivity index (χ2v) is 6.07. The number of hydrogen-bond acceptors (Lipinski definition) is 5. The van der Waals surface area contributed by atoms with E-state index < -0.39 is 30.5 Å². The number of hydrogen-bond donors (Lipinski definition) is 3. The predicted molar refractivity (Wildman–Crippen MR) is 89.9 cm³/mol. The van der Waals surface area contributed by atoms with E-state index in [0.717, 1.165) is 13.2 Å². The molecule has 0 atom stereocenters. The average molecular weight is 386 g/mol. The summed E-state index contributed by atoms with van der Waals surface area (Å²) in [4.78, 5) is 34.6. The zero-order valence-electron chi connectivity index (χ0n) is 14.5. The molecule has 2 rings (SSSR count). The van der Waals surface area contributed by atoms with Crippen LogP contribution in [0.2, 0.25) is 0 Å². The molecule has 2 amide bonds. The molecule has 0 aromatic heterocycles. The molecule has 1 aromatic rings. The number of alkyl halides is 2. The molecule has 27 heavy (non-hydrogen) atoms. The number of benzene rings is 1. The summed E-state index contributed by atoms with van der Waals surface area (Å²) in [5.74, 6) is -2.38. The van der Waals surface area contributed by atoms with Crippen LogP contribution in [0.5, 0.6) is 5.75 Å². The summed E-state index contributed by atoms with van der Waals surface area (Å²) in [6, 6.07) is 2.75. The van der Waals surface area contributed by atoms with Gasteiger partial charge in [-0.25, -0.2) is 9.59 Å². The van der Waals surface area contributed by atoms with Crippen molar-refractivity contribution in [3.8, 4) is 5.75 Å². The summed E-state index contributed by atoms with van der Waals surface area (Å²) in [5, 5.41) is 14.1. The molecule has 8 nitrogen and oxygen atoms in total. The van der Waals surface area contributed by atoms with Crippen LogP contribution in [-0.4, -0.2) is 42.8 Å². The van der Waals surface area contributed by atoms with Crippen LogP contribution in [0.1, 0.15) is 36.0 Å². The summed E-state index contributed by atoms with van der Waals surface area (Å²) >= 11 is 0. The highest BCUT2D eigenvalue weighted by Gasteiger charge is 2.27. The summed E-state index contributed by atoms with van der Waals surface area (Å²) in [6.07, 6.45) is 1.92. The van der Waals surface area contributed by atoms with Crippen molar-refractivity contribution in [3.63, 3.8) is 0 Å². The number of carboxylic acid groups (broad SMARTS) is 1. The Morgan fingerprint density at radius 2 is 1.85 bits per heavy atom. The number of halogens is 2. The van der Waals surface area contributed by atoms with E-state index in [2.05, 4.69) is 20.1 Å². The van der Waals surface area contributed by atoms with E-state index in [1.54, 1.807) is 0 Å². The van der Waals surface area contributed by atoms with Crippen LogP contribution >= 0.6 is 0 Å². The van der Waals surface area contributed by atoms with Gasteiger partial charge in [-0.15, -0.1) is 0 Å². The van der Waals surface area contributed by atoms with Crippen molar-refractivity contribution in [1.29, 1.82) is 0 Å². The van der Waals surface area contributed by atoms with Gasteiger partial charge in [-0.1, -0.05) is 0 Å². The fourth-order valence-corrected chi connectivity index (χ4v) is 2.89. The van der Waals surface area contributed by atoms with E-state index in [-0.39, 0.29) is 23.0 Å². The largest absolute Gasteiger partial charge is 0.481 e. The van der Waals surface area contributed by atoms with Crippen molar-refractivity contribution in [3.05, 3.63) is 23.8 Å². The third-order valence-corrected chi connectivity index (χ3v) is 4.28. The van der Waals surface area contributed by atoms with Crippen molar-refractivity contribution in [2.75, 3.05) is 12.4 Å². The van der Waals surface area contributed by atoms with Crippen LogP contribution in [0.15, 0.2) is 18.2 Å². The van der Waals surface area contributed by atoms with Crippen LogP contribution in [0.4, 0.5) is 19.3 Å². The van der Waals surface area contributed by atoms with Crippen molar-refractivity contribution < 1.29 is 37.7 Å². The first-order chi connectivity index (χ1) is 12.8. The molecule has 0 spiro atoms. The van der Waals surface area contributed by atoms with Crippen molar-refractivity contribution >= 4 is 23.7 Å². The van der Waals surface area contributed by atoms with Crippen LogP contribution in [0.25, 0.3) is 0 Å². The summed E-state index contributed by atoms with van der Waals surface area (Å²) in [6.45, 7) is -3.15. The van der Waals surface area contributed by atoms with E-state index in [0.29, 0.717) is 25.7 Å². The van der Waals surface area contributed by atoms with Crippen molar-refractivity contribution in [1.82, 2.24) is 5.32 Å². The molecular weight excluding hydrogens is 366 g/mol. The zero-order valence-corrected chi connectivity index (χ0v) is 14.5. The standard InChI is InChI=1S/C17H20F2N2O6/c1-26-15(24)10-4-7-12(13(8-10)27-16(18)19)21-17(25)20-11-5-2-9(3-6-11)14(22)23/h4,7-9,11,16H,2-3,5-6H2,1H3,(H,22,23)(H2,20,21,25). The number of aliphatic carboxylic acids is 1. The number of rotatable bonds is 6. The normalized spacial score (nSPS) is 19.3. The molecule has 1 saturated carbocycles. The number of carbonyl (C=O) groups excluding carboxylic acids is 2. The maximum absolute atomic E-state index is 12.6. The predicted octanol–water partition coefficient (Wildman–Crippen LogP) is 2.84. The van der Waals surface area contributed by atoms with Gasteiger partial charge in [0.1, 0.15) is 0 Å². The maximum atomic E-state index is 12.6. The Kier molecular flexibility index (Phi) is 6.91. The highest BCUT2D eigenvalue weighted by Crippen LogP contribution is 2.28. The number of methoxy groups -OCH3 is 1. The molecule has 10 heteroatoms. The third-order valence-electron chi connectivity index (χ3n) is 4.28. The molecule has 0 radical (unpaired) electrons. The van der Waals surface area contributed by atoms with Crippen LogP contribution in [-0.2, 0) is 9.53 Å². The first-order valence-electron chi connectivity index (χ1n) is 8.27. The lowest BCUT2D eigenvalue weighted by Gasteiger charge is -2.27. The molecule has 148 valence electrons. The molecule has 1 aliphatic rings. The number of urea groups is 1. The number of carbonyl (C=O) groups is 3. The number of ether oxygens (including phenoxy) is 2. The van der Waals surface area contributed by atoms with Gasteiger partial charge in [0.25, 0.3) is 0 Å². The lowest BCUT2D eigenvalue weighted by molar-refractivity contribution is -0.142. The maximum Gasteiger partial charge on any atom is 0.387 e. The number of carboxylic acids is 1. The molecule has 1 aromatic carbocycles. The summed E-state index contributed by atoms with van der Waals surface area (Å²) in [5.41, 5.74) is -0.0502. The first kappa shape index (κ1) is 20.4. The summed E-state index contributed by atoms with van der Waals surface area (Å²) < 4.78 is 34.1. The van der Waals surface area contributed by atoms with E-state index >= 15 is 0 Å². The lowest BCUT2D eigenvalue weighted by Crippen LogP contribution is -2.41. The Labute approximate surface area is 153 Å². The SMILES string of the molecule is COC(=O)c1ccc(NC(=O)NC2CCC(C(=O)O)CC2)c(OC(F)F)c1. The first-order valence-corrected chi connectivity index (χ1v) is 8.27. The third kappa shape index (κ3) is 5.80. The van der Waals surface area contributed by atoms with Gasteiger partial charge in [0, 0.05) is 6.04 Å². The molecule has 0 heterocycles. The van der Waals surface area contributed by atoms with Gasteiger partial charge in [0.2, 0.25) is 0 Å². The van der Waals surface area contributed by atoms with Gasteiger partial charge >= 0.3 is 24.6 Å². The Bertz CT molecular complexity index is 705. The number of nitrogens with one attached hydrogen (secondary N) is 2. The smallest absolute Gasteiger partial charge is 0.387 e. The molecular formula is C17H20F2N2O6. The van der Waals surface area contributed by atoms with E-state index in [4.69, 9.17) is 5.11 Å².